The number of amides is 3. The number of carbonyl (C=O) groups excluding carboxylic acids is 2. The van der Waals surface area contributed by atoms with Crippen LogP contribution >= 0.6 is 0 Å². The number of nitrogens with one attached hydrogen (secondary N) is 1. The highest BCUT2D eigenvalue weighted by atomic mass is 16.4. The highest BCUT2D eigenvalue weighted by molar-refractivity contribution is 6.04. The predicted octanol–water partition coefficient (Wildman–Crippen LogP) is 1.77. The van der Waals surface area contributed by atoms with Crippen molar-refractivity contribution in [3.05, 3.63) is 59.5 Å². The molecule has 0 radical (unpaired) electrons. The van der Waals surface area contributed by atoms with Crippen molar-refractivity contribution in [1.29, 1.82) is 0 Å². The van der Waals surface area contributed by atoms with Crippen LogP contribution in [-0.2, 0) is 11.3 Å². The Labute approximate surface area is 125 Å². The molecule has 0 bridgehead atoms. The van der Waals surface area contributed by atoms with Gasteiger partial charge in [-0.15, -0.1) is 0 Å². The summed E-state index contributed by atoms with van der Waals surface area (Å²) in [5, 5.41) is 11.4. The molecule has 0 aliphatic carbocycles. The monoisotopic (exact) mass is 300 g/mol. The molecule has 1 aliphatic rings. The lowest BCUT2D eigenvalue weighted by molar-refractivity contribution is -0.128. The van der Waals surface area contributed by atoms with E-state index in [1.807, 2.05) is 6.07 Å². The van der Waals surface area contributed by atoms with Crippen molar-refractivity contribution in [2.75, 3.05) is 0 Å². The predicted molar refractivity (Wildman–Crippen MR) is 73.9 cm³/mol. The smallest absolute Gasteiger partial charge is 0.371 e. The lowest BCUT2D eigenvalue weighted by Gasteiger charge is -2.11. The van der Waals surface area contributed by atoms with Gasteiger partial charge in [0.05, 0.1) is 6.54 Å². The van der Waals surface area contributed by atoms with Crippen molar-refractivity contribution >= 4 is 17.9 Å². The van der Waals surface area contributed by atoms with Gasteiger partial charge in [-0.3, -0.25) is 9.69 Å². The number of carbonyl (C=O) groups is 3. The molecule has 7 nitrogen and oxygen atoms in total. The summed E-state index contributed by atoms with van der Waals surface area (Å²) >= 11 is 0. The topological polar surface area (TPSA) is 99.9 Å². The summed E-state index contributed by atoms with van der Waals surface area (Å²) in [4.78, 5) is 36.1. The summed E-state index contributed by atoms with van der Waals surface area (Å²) in [5.74, 6) is -1.61. The molecule has 2 aromatic rings. The van der Waals surface area contributed by atoms with Crippen molar-refractivity contribution in [3.8, 4) is 0 Å². The van der Waals surface area contributed by atoms with E-state index in [1.165, 1.54) is 12.1 Å². The van der Waals surface area contributed by atoms with Crippen LogP contribution in [0.2, 0.25) is 0 Å². The molecule has 3 amide bonds. The minimum absolute atomic E-state index is 0.110. The van der Waals surface area contributed by atoms with Crippen LogP contribution in [0.4, 0.5) is 4.79 Å². The van der Waals surface area contributed by atoms with Gasteiger partial charge in [0.15, 0.2) is 0 Å². The van der Waals surface area contributed by atoms with Gasteiger partial charge in [0.2, 0.25) is 5.76 Å². The highest BCUT2D eigenvalue weighted by Gasteiger charge is 2.39. The number of hydrogen-bond donors (Lipinski definition) is 2. The molecule has 1 unspecified atom stereocenters. The summed E-state index contributed by atoms with van der Waals surface area (Å²) in [6, 6.07) is 10.3. The first-order valence-corrected chi connectivity index (χ1v) is 6.55. The van der Waals surface area contributed by atoms with Crippen LogP contribution in [0.25, 0.3) is 0 Å². The van der Waals surface area contributed by atoms with Crippen molar-refractivity contribution in [1.82, 2.24) is 10.2 Å². The van der Waals surface area contributed by atoms with Gasteiger partial charge in [0.1, 0.15) is 11.8 Å². The van der Waals surface area contributed by atoms with Crippen LogP contribution in [0, 0.1) is 0 Å². The molecule has 1 fully saturated rings. The standard InChI is InChI=1S/C15H12N2O5/c18-13-12(9-4-2-1-3-5-9)16-15(21)17(13)8-10-6-7-11(22-10)14(19)20/h1-7,12H,8H2,(H,16,21)(H,19,20). The van der Waals surface area contributed by atoms with E-state index in [0.29, 0.717) is 5.56 Å². The van der Waals surface area contributed by atoms with Gasteiger partial charge in [-0.25, -0.2) is 9.59 Å². The molecule has 1 atom stereocenters. The average Bonchev–Trinajstić information content (AvgIpc) is 3.09. The fraction of sp³-hybridized carbons (Fsp3) is 0.133. The number of imide groups is 1. The van der Waals surface area contributed by atoms with Crippen LogP contribution < -0.4 is 5.32 Å². The minimum Gasteiger partial charge on any atom is -0.475 e. The third-order valence-electron chi connectivity index (χ3n) is 3.35. The van der Waals surface area contributed by atoms with Gasteiger partial charge in [-0.2, -0.15) is 0 Å². The molecular weight excluding hydrogens is 288 g/mol. The molecule has 2 heterocycles. The Kier molecular flexibility index (Phi) is 3.38. The molecule has 1 aromatic heterocycles. The normalized spacial score (nSPS) is 17.6. The molecule has 1 aromatic carbocycles. The second-order valence-electron chi connectivity index (χ2n) is 4.79. The minimum atomic E-state index is -1.20. The molecule has 7 heteroatoms. The molecular formula is C15H12N2O5. The second-order valence-corrected chi connectivity index (χ2v) is 4.79. The van der Waals surface area contributed by atoms with Crippen LogP contribution in [0.15, 0.2) is 46.9 Å². The Balaban J connectivity index is 1.78. The quantitative estimate of drug-likeness (QED) is 0.838. The largest absolute Gasteiger partial charge is 0.475 e. The van der Waals surface area contributed by atoms with E-state index in [4.69, 9.17) is 9.52 Å². The summed E-state index contributed by atoms with van der Waals surface area (Å²) in [5.41, 5.74) is 0.689. The molecule has 2 N–H and O–H groups in total. The first-order valence-electron chi connectivity index (χ1n) is 6.55. The first-order chi connectivity index (χ1) is 10.6. The van der Waals surface area contributed by atoms with E-state index >= 15 is 0 Å². The third kappa shape index (κ3) is 2.44. The van der Waals surface area contributed by atoms with Gasteiger partial charge in [-0.1, -0.05) is 30.3 Å². The molecule has 3 rings (SSSR count). The molecule has 112 valence electrons. The van der Waals surface area contributed by atoms with E-state index in [-0.39, 0.29) is 18.1 Å². The zero-order chi connectivity index (χ0) is 15.7. The summed E-state index contributed by atoms with van der Waals surface area (Å²) in [6.07, 6.45) is 0. The summed E-state index contributed by atoms with van der Waals surface area (Å²) in [7, 11) is 0. The zero-order valence-corrected chi connectivity index (χ0v) is 11.4. The van der Waals surface area contributed by atoms with Crippen LogP contribution in [0.5, 0.6) is 0 Å². The number of rotatable bonds is 4. The van der Waals surface area contributed by atoms with Crippen molar-refractivity contribution in [2.45, 2.75) is 12.6 Å². The van der Waals surface area contributed by atoms with Gasteiger partial charge in [0, 0.05) is 0 Å². The van der Waals surface area contributed by atoms with Crippen molar-refractivity contribution in [3.63, 3.8) is 0 Å². The number of carboxylic acid groups (broad SMARTS) is 1. The van der Waals surface area contributed by atoms with Crippen molar-refractivity contribution in [2.24, 2.45) is 0 Å². The van der Waals surface area contributed by atoms with E-state index < -0.39 is 23.9 Å². The van der Waals surface area contributed by atoms with Crippen LogP contribution in [0.1, 0.15) is 27.9 Å². The Morgan fingerprint density at radius 2 is 1.91 bits per heavy atom. The SMILES string of the molecule is O=C(O)c1ccc(CN2C(=O)NC(c3ccccc3)C2=O)o1. The van der Waals surface area contributed by atoms with Gasteiger partial charge in [0.25, 0.3) is 5.91 Å². The Morgan fingerprint density at radius 3 is 2.55 bits per heavy atom. The lowest BCUT2D eigenvalue weighted by atomic mass is 10.1. The van der Waals surface area contributed by atoms with Gasteiger partial charge < -0.3 is 14.8 Å². The highest BCUT2D eigenvalue weighted by Crippen LogP contribution is 2.23. The Morgan fingerprint density at radius 1 is 1.18 bits per heavy atom. The maximum atomic E-state index is 12.3. The van der Waals surface area contributed by atoms with Crippen molar-refractivity contribution < 1.29 is 23.9 Å². The molecule has 0 saturated carbocycles. The number of nitrogens with zero attached hydrogens (tertiary/aromatic N) is 1. The Hall–Kier alpha value is -3.09. The third-order valence-corrected chi connectivity index (χ3v) is 3.35. The van der Waals surface area contributed by atoms with E-state index in [9.17, 15) is 14.4 Å². The zero-order valence-electron chi connectivity index (χ0n) is 11.4. The summed E-state index contributed by atoms with van der Waals surface area (Å²) in [6.45, 7) is -0.110. The lowest BCUT2D eigenvalue weighted by Crippen LogP contribution is -2.30. The number of carboxylic acids is 1. The number of furan rings is 1. The fourth-order valence-corrected chi connectivity index (χ4v) is 2.27. The van der Waals surface area contributed by atoms with E-state index in [1.54, 1.807) is 24.3 Å². The average molecular weight is 300 g/mol. The maximum Gasteiger partial charge on any atom is 0.371 e. The van der Waals surface area contributed by atoms with Crippen LogP contribution in [-0.4, -0.2) is 27.9 Å². The van der Waals surface area contributed by atoms with E-state index in [0.717, 1.165) is 4.90 Å². The second kappa shape index (κ2) is 5.36. The molecule has 22 heavy (non-hydrogen) atoms. The van der Waals surface area contributed by atoms with E-state index in [2.05, 4.69) is 5.32 Å². The molecule has 0 spiro atoms. The molecule has 1 saturated heterocycles. The summed E-state index contributed by atoms with van der Waals surface area (Å²) < 4.78 is 5.07. The number of aromatic carboxylic acids is 1. The first kappa shape index (κ1) is 13.9. The number of benzene rings is 1. The van der Waals surface area contributed by atoms with Gasteiger partial charge in [-0.05, 0) is 17.7 Å². The molecule has 1 aliphatic heterocycles. The number of hydrogen-bond acceptors (Lipinski definition) is 4. The van der Waals surface area contributed by atoms with Crippen LogP contribution in [0.3, 0.4) is 0 Å². The number of urea groups is 1. The van der Waals surface area contributed by atoms with Gasteiger partial charge >= 0.3 is 12.0 Å². The Bertz CT molecular complexity index is 737. The fourth-order valence-electron chi connectivity index (χ4n) is 2.27. The maximum absolute atomic E-state index is 12.3.